The lowest BCUT2D eigenvalue weighted by molar-refractivity contribution is -0.189. The Hall–Kier alpha value is -1.59. The van der Waals surface area contributed by atoms with Gasteiger partial charge in [-0.1, -0.05) is 117 Å². The van der Waals surface area contributed by atoms with E-state index >= 15 is 0 Å². The lowest BCUT2D eigenvalue weighted by Gasteiger charge is -2.18. The summed E-state index contributed by atoms with van der Waals surface area (Å²) in [6.45, 7) is 4.34. The van der Waals surface area contributed by atoms with Gasteiger partial charge in [0.2, 0.25) is 6.29 Å². The first-order chi connectivity index (χ1) is 17.5. The van der Waals surface area contributed by atoms with Gasteiger partial charge in [0.15, 0.2) is 0 Å². The van der Waals surface area contributed by atoms with E-state index in [-0.39, 0.29) is 18.4 Å². The van der Waals surface area contributed by atoms with Gasteiger partial charge in [-0.25, -0.2) is 0 Å². The highest BCUT2D eigenvalue weighted by Gasteiger charge is 2.18. The lowest BCUT2D eigenvalue weighted by Crippen LogP contribution is -2.24. The van der Waals surface area contributed by atoms with Crippen molar-refractivity contribution in [3.05, 3.63) is 0 Å². The zero-order valence-corrected chi connectivity index (χ0v) is 23.5. The van der Waals surface area contributed by atoms with Gasteiger partial charge < -0.3 is 14.6 Å². The van der Waals surface area contributed by atoms with Crippen LogP contribution < -0.4 is 0 Å². The van der Waals surface area contributed by atoms with Crippen LogP contribution in [0.25, 0.3) is 0 Å². The maximum Gasteiger partial charge on any atom is 0.308 e. The normalized spacial score (nSPS) is 11.1. The summed E-state index contributed by atoms with van der Waals surface area (Å²) >= 11 is 0. The fraction of sp³-hybridized carbons (Fsp3) is 0.900. The predicted molar refractivity (Wildman–Crippen MR) is 146 cm³/mol. The quantitative estimate of drug-likeness (QED) is 0.0671. The largest absolute Gasteiger partial charge is 0.481 e. The van der Waals surface area contributed by atoms with Gasteiger partial charge in [0.05, 0.1) is 0 Å². The number of ether oxygens (including phenoxy) is 2. The minimum atomic E-state index is -0.748. The fourth-order valence-corrected chi connectivity index (χ4v) is 4.30. The number of hydrogen-bond acceptors (Lipinski definition) is 5. The van der Waals surface area contributed by atoms with Crippen LogP contribution in [0.2, 0.25) is 0 Å². The Morgan fingerprint density at radius 2 is 0.833 bits per heavy atom. The molecule has 212 valence electrons. The van der Waals surface area contributed by atoms with Gasteiger partial charge in [-0.3, -0.25) is 14.4 Å². The van der Waals surface area contributed by atoms with E-state index in [9.17, 15) is 14.4 Å². The molecule has 6 heteroatoms. The van der Waals surface area contributed by atoms with E-state index in [1.165, 1.54) is 51.4 Å². The summed E-state index contributed by atoms with van der Waals surface area (Å²) in [4.78, 5) is 35.1. The third-order valence-electron chi connectivity index (χ3n) is 6.58. The Morgan fingerprint density at radius 1 is 0.500 bits per heavy atom. The van der Waals surface area contributed by atoms with Crippen LogP contribution in [0.5, 0.6) is 0 Å². The van der Waals surface area contributed by atoms with Gasteiger partial charge >= 0.3 is 17.9 Å². The first-order valence-electron chi connectivity index (χ1n) is 15.1. The molecule has 0 atom stereocenters. The molecule has 0 aromatic rings. The van der Waals surface area contributed by atoms with Gasteiger partial charge in [-0.2, -0.15) is 0 Å². The molecule has 0 aliphatic carbocycles. The standard InChI is InChI=1S/C30H56O6/c1-3-5-7-15-20-24-28(33)35-30(36-29(34)25-21-16-8-6-4-2)26-22-18-14-12-10-9-11-13-17-19-23-27(31)32/h30H,3-26H2,1-2H3,(H,31,32). The molecule has 1 N–H and O–H groups in total. The lowest BCUT2D eigenvalue weighted by atomic mass is 10.1. The molecule has 0 bridgehead atoms. The maximum atomic E-state index is 12.3. The van der Waals surface area contributed by atoms with Gasteiger partial charge in [0.1, 0.15) is 0 Å². The molecule has 36 heavy (non-hydrogen) atoms. The first kappa shape index (κ1) is 34.4. The summed E-state index contributed by atoms with van der Waals surface area (Å²) in [5, 5.41) is 8.65. The average Bonchev–Trinajstić information content (AvgIpc) is 2.84. The molecule has 0 aliphatic heterocycles. The van der Waals surface area contributed by atoms with Crippen LogP contribution in [-0.2, 0) is 23.9 Å². The van der Waals surface area contributed by atoms with E-state index in [1.807, 2.05) is 0 Å². The van der Waals surface area contributed by atoms with Crippen LogP contribution >= 0.6 is 0 Å². The topological polar surface area (TPSA) is 89.9 Å². The molecule has 0 aromatic carbocycles. The summed E-state index contributed by atoms with van der Waals surface area (Å²) < 4.78 is 11.1. The van der Waals surface area contributed by atoms with E-state index in [0.29, 0.717) is 19.3 Å². The molecule has 0 unspecified atom stereocenters. The molecule has 0 aliphatic rings. The number of rotatable bonds is 27. The van der Waals surface area contributed by atoms with Crippen LogP contribution in [0.1, 0.15) is 168 Å². The van der Waals surface area contributed by atoms with Crippen molar-refractivity contribution < 1.29 is 29.0 Å². The maximum absolute atomic E-state index is 12.3. The second-order valence-corrected chi connectivity index (χ2v) is 10.2. The number of hydrogen-bond donors (Lipinski definition) is 1. The molecular formula is C30H56O6. The number of aliphatic carboxylic acids is 1. The first-order valence-corrected chi connectivity index (χ1v) is 15.1. The van der Waals surface area contributed by atoms with Crippen LogP contribution in [0.15, 0.2) is 0 Å². The van der Waals surface area contributed by atoms with E-state index < -0.39 is 12.3 Å². The number of esters is 2. The van der Waals surface area contributed by atoms with Crippen LogP contribution in [0.4, 0.5) is 0 Å². The van der Waals surface area contributed by atoms with Crippen molar-refractivity contribution in [2.24, 2.45) is 0 Å². The molecule has 0 heterocycles. The summed E-state index contributed by atoms with van der Waals surface area (Å²) in [5.41, 5.74) is 0. The number of unbranched alkanes of at least 4 members (excludes halogenated alkanes) is 17. The molecule has 0 aromatic heterocycles. The Morgan fingerprint density at radius 3 is 1.22 bits per heavy atom. The van der Waals surface area contributed by atoms with Gasteiger partial charge in [-0.15, -0.1) is 0 Å². The van der Waals surface area contributed by atoms with E-state index in [0.717, 1.165) is 77.0 Å². The van der Waals surface area contributed by atoms with Gasteiger partial charge in [-0.05, 0) is 25.7 Å². The summed E-state index contributed by atoms with van der Waals surface area (Å²) in [5.74, 6) is -1.21. The zero-order valence-electron chi connectivity index (χ0n) is 23.5. The van der Waals surface area contributed by atoms with Crippen molar-refractivity contribution in [3.63, 3.8) is 0 Å². The third kappa shape index (κ3) is 25.5. The molecule has 0 rings (SSSR count). The molecule has 0 spiro atoms. The fourth-order valence-electron chi connectivity index (χ4n) is 4.30. The Kier molecular flexibility index (Phi) is 25.3. The van der Waals surface area contributed by atoms with Crippen molar-refractivity contribution >= 4 is 17.9 Å². The number of carboxylic acids is 1. The van der Waals surface area contributed by atoms with E-state index in [2.05, 4.69) is 13.8 Å². The predicted octanol–water partition coefficient (Wildman–Crippen LogP) is 8.89. The second-order valence-electron chi connectivity index (χ2n) is 10.2. The minimum absolute atomic E-state index is 0.254. The van der Waals surface area contributed by atoms with Crippen molar-refractivity contribution in [3.8, 4) is 0 Å². The molecule has 0 saturated carbocycles. The summed E-state index contributed by atoms with van der Waals surface area (Å²) in [7, 11) is 0. The number of carboxylic acid groups (broad SMARTS) is 1. The SMILES string of the molecule is CCCCCCCC(=O)OC(CCCCCCCCCCCCC(=O)O)OC(=O)CCCCCCC. The Balaban J connectivity index is 4.11. The Bertz CT molecular complexity index is 506. The van der Waals surface area contributed by atoms with Crippen LogP contribution in [-0.4, -0.2) is 29.3 Å². The van der Waals surface area contributed by atoms with E-state index in [1.54, 1.807) is 0 Å². The van der Waals surface area contributed by atoms with Crippen molar-refractivity contribution in [1.82, 2.24) is 0 Å². The van der Waals surface area contributed by atoms with Crippen molar-refractivity contribution in [1.29, 1.82) is 0 Å². The highest BCUT2D eigenvalue weighted by atomic mass is 16.7. The average molecular weight is 513 g/mol. The molecule has 0 saturated heterocycles. The van der Waals surface area contributed by atoms with Crippen molar-refractivity contribution in [2.45, 2.75) is 174 Å². The molecule has 6 nitrogen and oxygen atoms in total. The van der Waals surface area contributed by atoms with E-state index in [4.69, 9.17) is 14.6 Å². The monoisotopic (exact) mass is 512 g/mol. The van der Waals surface area contributed by atoms with Gasteiger partial charge in [0, 0.05) is 25.7 Å². The summed E-state index contributed by atoms with van der Waals surface area (Å²) in [6, 6.07) is 0. The summed E-state index contributed by atoms with van der Waals surface area (Å²) in [6.07, 6.45) is 22.3. The number of carbonyl (C=O) groups is 3. The minimum Gasteiger partial charge on any atom is -0.481 e. The van der Waals surface area contributed by atoms with Crippen molar-refractivity contribution in [2.75, 3.05) is 0 Å². The zero-order chi connectivity index (χ0) is 26.7. The molecule has 0 fully saturated rings. The molecule has 0 amide bonds. The highest BCUT2D eigenvalue weighted by Crippen LogP contribution is 2.16. The Labute approximate surface area is 221 Å². The van der Waals surface area contributed by atoms with Crippen LogP contribution in [0.3, 0.4) is 0 Å². The van der Waals surface area contributed by atoms with Crippen LogP contribution in [0, 0.1) is 0 Å². The third-order valence-corrected chi connectivity index (χ3v) is 6.58. The molecular weight excluding hydrogens is 456 g/mol. The van der Waals surface area contributed by atoms with Gasteiger partial charge in [0.25, 0.3) is 0 Å². The molecule has 0 radical (unpaired) electrons. The second kappa shape index (κ2) is 26.5. The smallest absolute Gasteiger partial charge is 0.308 e. The highest BCUT2D eigenvalue weighted by molar-refractivity contribution is 5.71. The number of carbonyl (C=O) groups excluding carboxylic acids is 2.